The second-order valence-corrected chi connectivity index (χ2v) is 10.1. The van der Waals surface area contributed by atoms with Gasteiger partial charge < -0.3 is 9.47 Å². The normalized spacial score (nSPS) is 14.8. The monoisotopic (exact) mass is 559 g/mol. The van der Waals surface area contributed by atoms with Gasteiger partial charge in [-0.15, -0.1) is 0 Å². The van der Waals surface area contributed by atoms with Crippen molar-refractivity contribution >= 4 is 73.5 Å². The van der Waals surface area contributed by atoms with Gasteiger partial charge in [0.2, 0.25) is 0 Å². The van der Waals surface area contributed by atoms with Gasteiger partial charge in [-0.05, 0) is 66.6 Å². The van der Waals surface area contributed by atoms with Crippen LogP contribution in [0.3, 0.4) is 0 Å². The van der Waals surface area contributed by atoms with Crippen LogP contribution in [-0.2, 0) is 11.4 Å². The minimum Gasteiger partial charge on any atom is -0.490 e. The molecule has 4 nitrogen and oxygen atoms in total. The molecule has 1 aliphatic rings. The van der Waals surface area contributed by atoms with Gasteiger partial charge >= 0.3 is 0 Å². The van der Waals surface area contributed by atoms with E-state index in [2.05, 4.69) is 15.9 Å². The number of carbonyl (C=O) groups is 1. The predicted octanol–water partition coefficient (Wildman–Crippen LogP) is 7.49. The van der Waals surface area contributed by atoms with Gasteiger partial charge in [0.05, 0.1) is 17.2 Å². The van der Waals surface area contributed by atoms with Gasteiger partial charge in [0.15, 0.2) is 15.8 Å². The lowest BCUT2D eigenvalue weighted by molar-refractivity contribution is -0.113. The third-order valence-corrected chi connectivity index (χ3v) is 6.78. The van der Waals surface area contributed by atoms with E-state index in [0.29, 0.717) is 39.0 Å². The average molecular weight is 561 g/mol. The SMILES string of the molecule is CCOc1cc(/C=C2/SC(=S)N(c3cccc(Br)c3)C2=O)ccc1OCc1ccc(Cl)cc1. The van der Waals surface area contributed by atoms with Gasteiger partial charge in [0, 0.05) is 9.50 Å². The van der Waals surface area contributed by atoms with Gasteiger partial charge in [-0.25, -0.2) is 0 Å². The largest absolute Gasteiger partial charge is 0.490 e. The number of carbonyl (C=O) groups excluding carboxylic acids is 1. The predicted molar refractivity (Wildman–Crippen MR) is 143 cm³/mol. The second-order valence-electron chi connectivity index (χ2n) is 7.05. The highest BCUT2D eigenvalue weighted by Crippen LogP contribution is 2.38. The molecule has 1 saturated heterocycles. The van der Waals surface area contributed by atoms with Gasteiger partial charge in [-0.1, -0.05) is 75.8 Å². The van der Waals surface area contributed by atoms with Crippen LogP contribution >= 0.6 is 51.5 Å². The Bertz CT molecular complexity index is 1230. The standard InChI is InChI=1S/C25H19BrClNO3S2/c1-2-30-22-12-17(8-11-21(22)31-15-16-6-9-19(27)10-7-16)13-23-24(29)28(25(32)33-23)20-5-3-4-18(26)14-20/h3-14H,2,15H2,1H3/b23-13+. The van der Waals surface area contributed by atoms with E-state index < -0.39 is 0 Å². The smallest absolute Gasteiger partial charge is 0.270 e. The summed E-state index contributed by atoms with van der Waals surface area (Å²) in [5.74, 6) is 1.09. The molecule has 8 heteroatoms. The van der Waals surface area contributed by atoms with Crippen molar-refractivity contribution in [2.45, 2.75) is 13.5 Å². The van der Waals surface area contributed by atoms with Crippen molar-refractivity contribution in [3.05, 3.63) is 92.3 Å². The van der Waals surface area contributed by atoms with Crippen LogP contribution in [0.1, 0.15) is 18.1 Å². The summed E-state index contributed by atoms with van der Waals surface area (Å²) in [6.07, 6.45) is 1.82. The molecule has 0 radical (unpaired) electrons. The van der Waals surface area contributed by atoms with E-state index in [1.54, 1.807) is 4.90 Å². The first-order chi connectivity index (χ1) is 15.9. The summed E-state index contributed by atoms with van der Waals surface area (Å²) in [5.41, 5.74) is 2.56. The van der Waals surface area contributed by atoms with Crippen molar-refractivity contribution < 1.29 is 14.3 Å². The van der Waals surface area contributed by atoms with Crippen LogP contribution in [0.15, 0.2) is 76.1 Å². The molecule has 3 aromatic carbocycles. The highest BCUT2D eigenvalue weighted by molar-refractivity contribution is 9.10. The quantitative estimate of drug-likeness (QED) is 0.221. The van der Waals surface area contributed by atoms with E-state index in [1.165, 1.54) is 11.8 Å². The summed E-state index contributed by atoms with van der Waals surface area (Å²) in [6.45, 7) is 2.80. The lowest BCUT2D eigenvalue weighted by Crippen LogP contribution is -2.27. The van der Waals surface area contributed by atoms with E-state index in [0.717, 1.165) is 21.3 Å². The number of anilines is 1. The van der Waals surface area contributed by atoms with Crippen LogP contribution in [0, 0.1) is 0 Å². The highest BCUT2D eigenvalue weighted by atomic mass is 79.9. The van der Waals surface area contributed by atoms with Gasteiger partial charge in [0.25, 0.3) is 5.91 Å². The average Bonchev–Trinajstić information content (AvgIpc) is 3.07. The first-order valence-corrected chi connectivity index (χ1v) is 12.5. The molecule has 1 fully saturated rings. The third kappa shape index (κ3) is 5.79. The molecule has 0 unspecified atom stereocenters. The topological polar surface area (TPSA) is 38.8 Å². The first-order valence-electron chi connectivity index (χ1n) is 10.1. The van der Waals surface area contributed by atoms with Gasteiger partial charge in [-0.3, -0.25) is 9.69 Å². The maximum absolute atomic E-state index is 13.1. The first kappa shape index (κ1) is 23.8. The molecule has 0 spiro atoms. The van der Waals surface area contributed by atoms with E-state index in [4.69, 9.17) is 33.3 Å². The number of amides is 1. The van der Waals surface area contributed by atoms with Crippen LogP contribution < -0.4 is 14.4 Å². The maximum atomic E-state index is 13.1. The highest BCUT2D eigenvalue weighted by Gasteiger charge is 2.33. The summed E-state index contributed by atoms with van der Waals surface area (Å²) in [7, 11) is 0. The van der Waals surface area contributed by atoms with Crippen molar-refractivity contribution in [1.82, 2.24) is 0 Å². The Kier molecular flexibility index (Phi) is 7.75. The molecule has 1 aliphatic heterocycles. The van der Waals surface area contributed by atoms with Crippen LogP contribution in [0.25, 0.3) is 6.08 Å². The van der Waals surface area contributed by atoms with Gasteiger partial charge in [0.1, 0.15) is 6.61 Å². The zero-order valence-electron chi connectivity index (χ0n) is 17.6. The van der Waals surface area contributed by atoms with Crippen LogP contribution in [0.4, 0.5) is 5.69 Å². The number of halogens is 2. The molecule has 33 heavy (non-hydrogen) atoms. The molecular weight excluding hydrogens is 542 g/mol. The minimum absolute atomic E-state index is 0.149. The number of hydrogen-bond acceptors (Lipinski definition) is 5. The molecular formula is C25H19BrClNO3S2. The zero-order valence-corrected chi connectivity index (χ0v) is 21.6. The third-order valence-electron chi connectivity index (χ3n) is 4.73. The number of rotatable bonds is 7. The Morgan fingerprint density at radius 1 is 1.06 bits per heavy atom. The number of ether oxygens (including phenoxy) is 2. The molecule has 0 bridgehead atoms. The number of hydrogen-bond donors (Lipinski definition) is 0. The fraction of sp³-hybridized carbons (Fsp3) is 0.120. The summed E-state index contributed by atoms with van der Waals surface area (Å²) >= 11 is 16.1. The summed E-state index contributed by atoms with van der Waals surface area (Å²) in [6, 6.07) is 20.6. The van der Waals surface area contributed by atoms with Crippen LogP contribution in [-0.4, -0.2) is 16.8 Å². The molecule has 1 heterocycles. The van der Waals surface area contributed by atoms with Crippen molar-refractivity contribution in [3.8, 4) is 11.5 Å². The molecule has 4 rings (SSSR count). The number of thioether (sulfide) groups is 1. The van der Waals surface area contributed by atoms with Crippen molar-refractivity contribution in [2.24, 2.45) is 0 Å². The Balaban J connectivity index is 1.55. The molecule has 1 amide bonds. The van der Waals surface area contributed by atoms with Crippen LogP contribution in [0.2, 0.25) is 5.02 Å². The fourth-order valence-corrected chi connectivity index (χ4v) is 5.01. The zero-order chi connectivity index (χ0) is 23.4. The number of nitrogens with zero attached hydrogens (tertiary/aromatic N) is 1. The molecule has 0 aliphatic carbocycles. The minimum atomic E-state index is -0.149. The molecule has 3 aromatic rings. The number of thiocarbonyl (C=S) groups is 1. The molecule has 0 saturated carbocycles. The van der Waals surface area contributed by atoms with E-state index in [9.17, 15) is 4.79 Å². The lowest BCUT2D eigenvalue weighted by Gasteiger charge is -2.14. The molecule has 0 aromatic heterocycles. The Hall–Kier alpha value is -2.32. The van der Waals surface area contributed by atoms with E-state index in [-0.39, 0.29) is 5.91 Å². The summed E-state index contributed by atoms with van der Waals surface area (Å²) in [5, 5.41) is 0.684. The van der Waals surface area contributed by atoms with E-state index >= 15 is 0 Å². The molecule has 0 atom stereocenters. The molecule has 0 N–H and O–H groups in total. The maximum Gasteiger partial charge on any atom is 0.270 e. The Morgan fingerprint density at radius 3 is 2.58 bits per heavy atom. The van der Waals surface area contributed by atoms with Crippen molar-refractivity contribution in [2.75, 3.05) is 11.5 Å². The van der Waals surface area contributed by atoms with Crippen LogP contribution in [0.5, 0.6) is 11.5 Å². The van der Waals surface area contributed by atoms with Gasteiger partial charge in [-0.2, -0.15) is 0 Å². The number of benzene rings is 3. The van der Waals surface area contributed by atoms with Crippen molar-refractivity contribution in [1.29, 1.82) is 0 Å². The fourth-order valence-electron chi connectivity index (χ4n) is 3.20. The summed E-state index contributed by atoms with van der Waals surface area (Å²) in [4.78, 5) is 15.2. The van der Waals surface area contributed by atoms with E-state index in [1.807, 2.05) is 79.7 Å². The Morgan fingerprint density at radius 2 is 1.85 bits per heavy atom. The second kappa shape index (κ2) is 10.7. The molecule has 168 valence electrons. The van der Waals surface area contributed by atoms with Crippen molar-refractivity contribution in [3.63, 3.8) is 0 Å². The summed E-state index contributed by atoms with van der Waals surface area (Å²) < 4.78 is 13.1. The Labute approximate surface area is 215 Å². The lowest BCUT2D eigenvalue weighted by atomic mass is 10.1.